The Hall–Kier alpha value is 0.01000. The number of hydrogen-bond acceptors (Lipinski definition) is 2. The molecule has 0 aromatic heterocycles. The van der Waals surface area contributed by atoms with Gasteiger partial charge >= 0.3 is 0 Å². The Morgan fingerprint density at radius 3 is 2.85 bits per heavy atom. The van der Waals surface area contributed by atoms with Crippen molar-refractivity contribution in [1.82, 2.24) is 5.32 Å². The monoisotopic (exact) mass is 259 g/mol. The van der Waals surface area contributed by atoms with Gasteiger partial charge in [0.05, 0.1) is 0 Å². The summed E-state index contributed by atoms with van der Waals surface area (Å²) in [5.41, 5.74) is 1.31. The Labute approximate surface area is 93.5 Å². The van der Waals surface area contributed by atoms with Gasteiger partial charge in [-0.1, -0.05) is 28.1 Å². The first-order valence-corrected chi connectivity index (χ1v) is 5.74. The lowest BCUT2D eigenvalue weighted by atomic mass is 10.1. The van der Waals surface area contributed by atoms with Gasteiger partial charge < -0.3 is 5.32 Å². The second-order valence-electron chi connectivity index (χ2n) is 2.91. The molecule has 1 rings (SSSR count). The number of rotatable bonds is 4. The van der Waals surface area contributed by atoms with Gasteiger partial charge in [-0.05, 0) is 36.9 Å². The number of benzene rings is 1. The molecule has 0 fully saturated rings. The topological polar surface area (TPSA) is 12.0 Å². The van der Waals surface area contributed by atoms with E-state index in [4.69, 9.17) is 0 Å². The van der Waals surface area contributed by atoms with E-state index in [9.17, 15) is 0 Å². The van der Waals surface area contributed by atoms with Crippen molar-refractivity contribution in [3.63, 3.8) is 0 Å². The van der Waals surface area contributed by atoms with E-state index in [1.807, 2.05) is 13.1 Å². The fraction of sp³-hybridized carbons (Fsp3) is 0.400. The van der Waals surface area contributed by atoms with E-state index < -0.39 is 0 Å². The summed E-state index contributed by atoms with van der Waals surface area (Å²) in [6, 6.07) is 8.79. The van der Waals surface area contributed by atoms with Gasteiger partial charge in [0, 0.05) is 10.5 Å². The zero-order valence-electron chi connectivity index (χ0n) is 7.63. The fourth-order valence-corrected chi connectivity index (χ4v) is 2.01. The van der Waals surface area contributed by atoms with Gasteiger partial charge in [-0.25, -0.2) is 0 Å². The first kappa shape index (κ1) is 11.1. The standard InChI is InChI=1S/C10H14BrNS/c1-12-10(5-6-13)8-3-2-4-9(11)7-8/h2-4,7,10,12-13H,5-6H2,1H3. The SMILES string of the molecule is CNC(CCS)c1cccc(Br)c1. The molecule has 0 radical (unpaired) electrons. The highest BCUT2D eigenvalue weighted by atomic mass is 79.9. The highest BCUT2D eigenvalue weighted by Crippen LogP contribution is 2.20. The van der Waals surface area contributed by atoms with E-state index in [0.29, 0.717) is 6.04 Å². The van der Waals surface area contributed by atoms with Gasteiger partial charge in [-0.3, -0.25) is 0 Å². The minimum absolute atomic E-state index is 0.412. The molecule has 3 heteroatoms. The van der Waals surface area contributed by atoms with Gasteiger partial charge in [-0.15, -0.1) is 0 Å². The Kier molecular flexibility index (Phi) is 4.84. The third kappa shape index (κ3) is 3.33. The van der Waals surface area contributed by atoms with Crippen LogP contribution in [0.15, 0.2) is 28.7 Å². The highest BCUT2D eigenvalue weighted by molar-refractivity contribution is 9.10. The van der Waals surface area contributed by atoms with Crippen LogP contribution in [0.25, 0.3) is 0 Å². The van der Waals surface area contributed by atoms with Crippen LogP contribution in [0.3, 0.4) is 0 Å². The lowest BCUT2D eigenvalue weighted by Gasteiger charge is -2.15. The molecule has 0 saturated carbocycles. The van der Waals surface area contributed by atoms with E-state index in [-0.39, 0.29) is 0 Å². The number of halogens is 1. The van der Waals surface area contributed by atoms with Crippen molar-refractivity contribution in [2.75, 3.05) is 12.8 Å². The van der Waals surface area contributed by atoms with Crippen LogP contribution >= 0.6 is 28.6 Å². The fourth-order valence-electron chi connectivity index (χ4n) is 1.33. The molecule has 0 aliphatic carbocycles. The quantitative estimate of drug-likeness (QED) is 0.793. The number of thiol groups is 1. The Morgan fingerprint density at radius 1 is 1.54 bits per heavy atom. The summed E-state index contributed by atoms with van der Waals surface area (Å²) in [5.74, 6) is 0.901. The van der Waals surface area contributed by atoms with E-state index in [0.717, 1.165) is 16.6 Å². The van der Waals surface area contributed by atoms with Gasteiger partial charge in [-0.2, -0.15) is 12.6 Å². The minimum Gasteiger partial charge on any atom is -0.313 e. The molecule has 0 saturated heterocycles. The summed E-state index contributed by atoms with van der Waals surface area (Å²) in [4.78, 5) is 0. The molecule has 0 heterocycles. The molecule has 13 heavy (non-hydrogen) atoms. The predicted molar refractivity (Wildman–Crippen MR) is 64.4 cm³/mol. The van der Waals surface area contributed by atoms with Crippen LogP contribution in [0.2, 0.25) is 0 Å². The summed E-state index contributed by atoms with van der Waals surface area (Å²) in [7, 11) is 1.98. The van der Waals surface area contributed by atoms with Crippen molar-refractivity contribution in [3.8, 4) is 0 Å². The molecule has 72 valence electrons. The lowest BCUT2D eigenvalue weighted by Crippen LogP contribution is -2.16. The van der Waals surface area contributed by atoms with Crippen LogP contribution in [0.1, 0.15) is 18.0 Å². The molecule has 0 aliphatic rings. The summed E-state index contributed by atoms with van der Waals surface area (Å²) in [6.45, 7) is 0. The van der Waals surface area contributed by atoms with E-state index in [2.05, 4.69) is 52.1 Å². The number of hydrogen-bond donors (Lipinski definition) is 2. The van der Waals surface area contributed by atoms with E-state index in [1.54, 1.807) is 0 Å². The van der Waals surface area contributed by atoms with Gasteiger partial charge in [0.25, 0.3) is 0 Å². The first-order valence-electron chi connectivity index (χ1n) is 4.31. The van der Waals surface area contributed by atoms with Crippen LogP contribution in [0.5, 0.6) is 0 Å². The van der Waals surface area contributed by atoms with E-state index in [1.165, 1.54) is 5.56 Å². The molecular formula is C10H14BrNS. The second kappa shape index (κ2) is 5.68. The normalized spacial score (nSPS) is 12.8. The molecule has 1 aromatic carbocycles. The van der Waals surface area contributed by atoms with Crippen LogP contribution in [-0.4, -0.2) is 12.8 Å². The molecule has 0 amide bonds. The molecular weight excluding hydrogens is 246 g/mol. The smallest absolute Gasteiger partial charge is 0.0325 e. The predicted octanol–water partition coefficient (Wildman–Crippen LogP) is 3.03. The van der Waals surface area contributed by atoms with Gasteiger partial charge in [0.15, 0.2) is 0 Å². The largest absolute Gasteiger partial charge is 0.313 e. The Bertz CT molecular complexity index is 265. The van der Waals surface area contributed by atoms with Crippen molar-refractivity contribution in [3.05, 3.63) is 34.3 Å². The summed E-state index contributed by atoms with van der Waals surface area (Å²) in [6.07, 6.45) is 1.05. The van der Waals surface area contributed by atoms with Gasteiger partial charge in [0.2, 0.25) is 0 Å². The van der Waals surface area contributed by atoms with Crippen molar-refractivity contribution in [2.45, 2.75) is 12.5 Å². The molecule has 1 nitrogen and oxygen atoms in total. The maximum absolute atomic E-state index is 4.24. The average molecular weight is 260 g/mol. The highest BCUT2D eigenvalue weighted by Gasteiger charge is 2.07. The summed E-state index contributed by atoms with van der Waals surface area (Å²) < 4.78 is 1.13. The zero-order chi connectivity index (χ0) is 9.68. The van der Waals surface area contributed by atoms with Crippen LogP contribution in [-0.2, 0) is 0 Å². The minimum atomic E-state index is 0.412. The van der Waals surface area contributed by atoms with Crippen molar-refractivity contribution < 1.29 is 0 Å². The maximum atomic E-state index is 4.24. The zero-order valence-corrected chi connectivity index (χ0v) is 10.1. The van der Waals surface area contributed by atoms with E-state index >= 15 is 0 Å². The molecule has 1 unspecified atom stereocenters. The third-order valence-electron chi connectivity index (χ3n) is 2.02. The third-order valence-corrected chi connectivity index (χ3v) is 2.77. The second-order valence-corrected chi connectivity index (χ2v) is 4.27. The molecule has 1 aromatic rings. The van der Waals surface area contributed by atoms with Crippen LogP contribution < -0.4 is 5.32 Å². The molecule has 1 N–H and O–H groups in total. The van der Waals surface area contributed by atoms with Crippen molar-refractivity contribution in [1.29, 1.82) is 0 Å². The summed E-state index contributed by atoms with van der Waals surface area (Å²) in [5, 5.41) is 3.28. The molecule has 1 atom stereocenters. The summed E-state index contributed by atoms with van der Waals surface area (Å²) >= 11 is 7.70. The van der Waals surface area contributed by atoms with Crippen molar-refractivity contribution >= 4 is 28.6 Å². The lowest BCUT2D eigenvalue weighted by molar-refractivity contribution is 0.581. The number of nitrogens with one attached hydrogen (secondary N) is 1. The van der Waals surface area contributed by atoms with Gasteiger partial charge in [0.1, 0.15) is 0 Å². The Morgan fingerprint density at radius 2 is 2.31 bits per heavy atom. The molecule has 0 aliphatic heterocycles. The Balaban J connectivity index is 2.78. The van der Waals surface area contributed by atoms with Crippen molar-refractivity contribution in [2.24, 2.45) is 0 Å². The van der Waals surface area contributed by atoms with Crippen LogP contribution in [0, 0.1) is 0 Å². The maximum Gasteiger partial charge on any atom is 0.0325 e. The first-order chi connectivity index (χ1) is 6.27. The van der Waals surface area contributed by atoms with Crippen LogP contribution in [0.4, 0.5) is 0 Å². The average Bonchev–Trinajstić information content (AvgIpc) is 2.14. The molecule has 0 spiro atoms. The molecule has 0 bridgehead atoms.